The predicted octanol–water partition coefficient (Wildman–Crippen LogP) is 2.56. The van der Waals surface area contributed by atoms with E-state index in [2.05, 4.69) is 38.0 Å². The number of benzene rings is 1. The van der Waals surface area contributed by atoms with Crippen molar-refractivity contribution in [1.29, 1.82) is 0 Å². The Balaban J connectivity index is 1.62. The van der Waals surface area contributed by atoms with Crippen LogP contribution in [0, 0.1) is 5.41 Å². The van der Waals surface area contributed by atoms with Gasteiger partial charge >= 0.3 is 7.12 Å². The highest BCUT2D eigenvalue weighted by Gasteiger charge is 2.46. The number of pyridine rings is 1. The fourth-order valence-electron chi connectivity index (χ4n) is 2.63. The van der Waals surface area contributed by atoms with Crippen LogP contribution in [-0.2, 0) is 15.9 Å². The van der Waals surface area contributed by atoms with Crippen molar-refractivity contribution in [3.05, 3.63) is 59.9 Å². The van der Waals surface area contributed by atoms with E-state index in [-0.39, 0.29) is 16.9 Å². The van der Waals surface area contributed by atoms with Gasteiger partial charge < -0.3 is 14.6 Å². The zero-order valence-electron chi connectivity index (χ0n) is 15.8. The van der Waals surface area contributed by atoms with Crippen LogP contribution >= 0.6 is 0 Å². The normalized spacial score (nSPS) is 18.4. The predicted molar refractivity (Wildman–Crippen MR) is 102 cm³/mol. The Labute approximate surface area is 155 Å². The molecule has 0 radical (unpaired) electrons. The molecule has 1 aromatic heterocycles. The monoisotopic (exact) mass is 352 g/mol. The smallest absolute Gasteiger partial charge is 0.407 e. The average Bonchev–Trinajstić information content (AvgIpc) is 2.63. The standard InChI is InChI=1S/C20H25BN2O3/c1-19(2)14-25-21(26-20(19,3)4)16-10-11-17(22-13-16)18(24)23-12-15-8-6-5-7-9-15/h5-11,13H,12,14H2,1-4H3,(H,23,24). The second-order valence-electron chi connectivity index (χ2n) is 7.80. The van der Waals surface area contributed by atoms with Crippen molar-refractivity contribution < 1.29 is 14.1 Å². The van der Waals surface area contributed by atoms with Gasteiger partial charge in [-0.05, 0) is 25.5 Å². The third kappa shape index (κ3) is 3.97. The summed E-state index contributed by atoms with van der Waals surface area (Å²) in [6, 6.07) is 13.3. The minimum atomic E-state index is -0.466. The van der Waals surface area contributed by atoms with Gasteiger partial charge in [-0.3, -0.25) is 9.78 Å². The third-order valence-corrected chi connectivity index (χ3v) is 5.21. The average molecular weight is 352 g/mol. The zero-order valence-corrected chi connectivity index (χ0v) is 15.8. The lowest BCUT2D eigenvalue weighted by atomic mass is 9.69. The molecule has 1 N–H and O–H groups in total. The number of aromatic nitrogens is 1. The van der Waals surface area contributed by atoms with Crippen LogP contribution in [0.15, 0.2) is 48.7 Å². The molecule has 1 aliphatic heterocycles. The molecule has 6 heteroatoms. The van der Waals surface area contributed by atoms with Crippen molar-refractivity contribution in [2.24, 2.45) is 5.41 Å². The van der Waals surface area contributed by atoms with Crippen LogP contribution in [0.25, 0.3) is 0 Å². The molecular weight excluding hydrogens is 327 g/mol. The summed E-state index contributed by atoms with van der Waals surface area (Å²) in [5, 5.41) is 2.87. The van der Waals surface area contributed by atoms with E-state index in [1.54, 1.807) is 12.3 Å². The molecule has 0 spiro atoms. The summed E-state index contributed by atoms with van der Waals surface area (Å²) in [6.45, 7) is 9.47. The van der Waals surface area contributed by atoms with Crippen molar-refractivity contribution in [2.45, 2.75) is 39.8 Å². The number of carbonyl (C=O) groups excluding carboxylic acids is 1. The first-order chi connectivity index (χ1) is 12.3. The van der Waals surface area contributed by atoms with Crippen molar-refractivity contribution >= 4 is 18.5 Å². The van der Waals surface area contributed by atoms with Crippen LogP contribution in [0.1, 0.15) is 43.7 Å². The van der Waals surface area contributed by atoms with E-state index < -0.39 is 7.12 Å². The Morgan fingerprint density at radius 1 is 1.15 bits per heavy atom. The highest BCUT2D eigenvalue weighted by molar-refractivity contribution is 6.61. The molecule has 136 valence electrons. The molecule has 0 saturated carbocycles. The van der Waals surface area contributed by atoms with Gasteiger partial charge in [0.05, 0.1) is 5.60 Å². The van der Waals surface area contributed by atoms with E-state index in [1.165, 1.54) is 0 Å². The molecule has 1 amide bonds. The van der Waals surface area contributed by atoms with Gasteiger partial charge in [-0.2, -0.15) is 0 Å². The van der Waals surface area contributed by atoms with Gasteiger partial charge in [0, 0.05) is 30.2 Å². The van der Waals surface area contributed by atoms with Crippen molar-refractivity contribution in [3.8, 4) is 0 Å². The fraction of sp³-hybridized carbons (Fsp3) is 0.400. The maximum absolute atomic E-state index is 12.3. The quantitative estimate of drug-likeness (QED) is 0.860. The first kappa shape index (κ1) is 18.6. The maximum Gasteiger partial charge on any atom is 0.495 e. The number of nitrogens with zero attached hydrogens (tertiary/aromatic N) is 1. The minimum Gasteiger partial charge on any atom is -0.407 e. The van der Waals surface area contributed by atoms with Gasteiger partial charge in [0.25, 0.3) is 5.91 Å². The highest BCUT2D eigenvalue weighted by atomic mass is 16.6. The first-order valence-electron chi connectivity index (χ1n) is 8.86. The molecule has 0 atom stereocenters. The molecule has 0 unspecified atom stereocenters. The lowest BCUT2D eigenvalue weighted by Gasteiger charge is -2.47. The number of amides is 1. The van der Waals surface area contributed by atoms with Crippen LogP contribution in [0.5, 0.6) is 0 Å². The molecule has 1 aromatic carbocycles. The Morgan fingerprint density at radius 2 is 1.88 bits per heavy atom. The molecule has 1 aliphatic rings. The Bertz CT molecular complexity index is 760. The second-order valence-corrected chi connectivity index (χ2v) is 7.80. The minimum absolute atomic E-state index is 0.0752. The van der Waals surface area contributed by atoms with Gasteiger partial charge in [0.1, 0.15) is 5.69 Å². The van der Waals surface area contributed by atoms with Crippen LogP contribution in [0.2, 0.25) is 0 Å². The van der Waals surface area contributed by atoms with Gasteiger partial charge in [-0.1, -0.05) is 50.2 Å². The third-order valence-electron chi connectivity index (χ3n) is 5.21. The Morgan fingerprint density at radius 3 is 2.50 bits per heavy atom. The van der Waals surface area contributed by atoms with Gasteiger partial charge in [-0.25, -0.2) is 0 Å². The van der Waals surface area contributed by atoms with Crippen LogP contribution in [0.3, 0.4) is 0 Å². The number of hydrogen-bond donors (Lipinski definition) is 1. The van der Waals surface area contributed by atoms with E-state index in [0.717, 1.165) is 11.0 Å². The fourth-order valence-corrected chi connectivity index (χ4v) is 2.63. The summed E-state index contributed by atoms with van der Waals surface area (Å²) in [5.74, 6) is -0.202. The molecular formula is C20H25BN2O3. The topological polar surface area (TPSA) is 60.5 Å². The maximum atomic E-state index is 12.3. The molecule has 2 aromatic rings. The molecule has 0 bridgehead atoms. The van der Waals surface area contributed by atoms with Crippen molar-refractivity contribution in [1.82, 2.24) is 10.3 Å². The summed E-state index contributed by atoms with van der Waals surface area (Å²) in [4.78, 5) is 16.5. The second kappa shape index (κ2) is 7.21. The van der Waals surface area contributed by atoms with E-state index in [4.69, 9.17) is 9.31 Å². The molecule has 3 rings (SSSR count). The number of rotatable bonds is 4. The number of hydrogen-bond acceptors (Lipinski definition) is 4. The van der Waals surface area contributed by atoms with Crippen molar-refractivity contribution in [2.75, 3.05) is 6.61 Å². The summed E-state index contributed by atoms with van der Waals surface area (Å²) < 4.78 is 12.0. The van der Waals surface area contributed by atoms with Crippen LogP contribution in [-0.4, -0.2) is 30.2 Å². The van der Waals surface area contributed by atoms with E-state index >= 15 is 0 Å². The summed E-state index contributed by atoms with van der Waals surface area (Å²) >= 11 is 0. The summed E-state index contributed by atoms with van der Waals surface area (Å²) in [7, 11) is -0.466. The van der Waals surface area contributed by atoms with Gasteiger partial charge in [0.2, 0.25) is 0 Å². The number of carbonyl (C=O) groups is 1. The Hall–Kier alpha value is -2.18. The zero-order chi connectivity index (χ0) is 18.8. The molecule has 1 fully saturated rings. The van der Waals surface area contributed by atoms with Crippen LogP contribution < -0.4 is 10.8 Å². The van der Waals surface area contributed by atoms with E-state index in [1.807, 2.05) is 36.4 Å². The molecule has 1 saturated heterocycles. The molecule has 26 heavy (non-hydrogen) atoms. The summed E-state index contributed by atoms with van der Waals surface area (Å²) in [5.41, 5.74) is 1.84. The molecule has 0 aliphatic carbocycles. The van der Waals surface area contributed by atoms with Gasteiger partial charge in [-0.15, -0.1) is 0 Å². The lowest BCUT2D eigenvalue weighted by Crippen LogP contribution is -2.58. The number of nitrogens with one attached hydrogen (secondary N) is 1. The lowest BCUT2D eigenvalue weighted by molar-refractivity contribution is -0.0937. The Kier molecular flexibility index (Phi) is 5.16. The highest BCUT2D eigenvalue weighted by Crippen LogP contribution is 2.37. The SMILES string of the molecule is CC1(C)COB(c2ccc(C(=O)NCc3ccccc3)nc2)OC1(C)C. The van der Waals surface area contributed by atoms with E-state index in [0.29, 0.717) is 18.8 Å². The van der Waals surface area contributed by atoms with Crippen LogP contribution in [0.4, 0.5) is 0 Å². The van der Waals surface area contributed by atoms with Crippen molar-refractivity contribution in [3.63, 3.8) is 0 Å². The van der Waals surface area contributed by atoms with Gasteiger partial charge in [0.15, 0.2) is 0 Å². The largest absolute Gasteiger partial charge is 0.495 e. The first-order valence-corrected chi connectivity index (χ1v) is 8.86. The van der Waals surface area contributed by atoms with E-state index in [9.17, 15) is 4.79 Å². The summed E-state index contributed by atoms with van der Waals surface area (Å²) in [6.07, 6.45) is 1.65. The molecule has 5 nitrogen and oxygen atoms in total. The molecule has 2 heterocycles.